The van der Waals surface area contributed by atoms with E-state index in [1.165, 1.54) is 12.1 Å². The molecule has 0 aliphatic carbocycles. The molecule has 0 amide bonds. The van der Waals surface area contributed by atoms with Gasteiger partial charge >= 0.3 is 0 Å². The van der Waals surface area contributed by atoms with Gasteiger partial charge in [-0.25, -0.2) is 9.37 Å². The zero-order valence-electron chi connectivity index (χ0n) is 13.1. The molecule has 6 heteroatoms. The number of fused-ring (bicyclic) bond motifs is 1. The number of hydrogen-bond donors (Lipinski definition) is 0. The van der Waals surface area contributed by atoms with Crippen molar-refractivity contribution in [3.63, 3.8) is 0 Å². The summed E-state index contributed by atoms with van der Waals surface area (Å²) in [5, 5.41) is 0.449. The molecule has 1 aromatic heterocycles. The Labute approximate surface area is 143 Å². The molecule has 0 fully saturated rings. The second kappa shape index (κ2) is 7.11. The van der Waals surface area contributed by atoms with Crippen LogP contribution in [0.25, 0.3) is 22.2 Å². The van der Waals surface area contributed by atoms with Crippen molar-refractivity contribution in [2.75, 3.05) is 13.2 Å². The molecule has 1 heterocycles. The van der Waals surface area contributed by atoms with Crippen molar-refractivity contribution in [2.24, 2.45) is 0 Å². The van der Waals surface area contributed by atoms with Gasteiger partial charge in [-0.3, -0.25) is 4.79 Å². The third-order valence-electron chi connectivity index (χ3n) is 3.78. The predicted molar refractivity (Wildman–Crippen MR) is 92.0 cm³/mol. The van der Waals surface area contributed by atoms with Crippen LogP contribution < -0.4 is 0 Å². The first-order valence-corrected chi connectivity index (χ1v) is 8.00. The maximum Gasteiger partial charge on any atom is 0.185 e. The molecule has 0 saturated heterocycles. The van der Waals surface area contributed by atoms with E-state index in [0.29, 0.717) is 42.4 Å². The minimum atomic E-state index is -0.295. The zero-order chi connectivity index (χ0) is 17.1. The number of ether oxygens (including phenoxy) is 1. The van der Waals surface area contributed by atoms with Crippen LogP contribution in [0.2, 0.25) is 5.02 Å². The van der Waals surface area contributed by atoms with E-state index >= 15 is 0 Å². The lowest BCUT2D eigenvalue weighted by atomic mass is 10.1. The van der Waals surface area contributed by atoms with E-state index in [4.69, 9.17) is 16.3 Å². The first kappa shape index (κ1) is 16.6. The van der Waals surface area contributed by atoms with Crippen molar-refractivity contribution in [1.82, 2.24) is 9.55 Å². The molecule has 3 aromatic rings. The molecule has 4 nitrogen and oxygen atoms in total. The summed E-state index contributed by atoms with van der Waals surface area (Å²) in [6.45, 7) is 3.49. The lowest BCUT2D eigenvalue weighted by molar-refractivity contribution is 0.110. The van der Waals surface area contributed by atoms with E-state index in [0.717, 1.165) is 16.6 Å². The number of aldehydes is 1. The minimum Gasteiger partial charge on any atom is -0.380 e. The van der Waals surface area contributed by atoms with Crippen molar-refractivity contribution in [1.29, 1.82) is 0 Å². The highest BCUT2D eigenvalue weighted by Crippen LogP contribution is 2.31. The highest BCUT2D eigenvalue weighted by molar-refractivity contribution is 6.35. The fourth-order valence-electron chi connectivity index (χ4n) is 2.63. The van der Waals surface area contributed by atoms with Crippen LogP contribution in [0, 0.1) is 5.82 Å². The van der Waals surface area contributed by atoms with Gasteiger partial charge in [-0.1, -0.05) is 23.7 Å². The summed E-state index contributed by atoms with van der Waals surface area (Å²) in [7, 11) is 0. The summed E-state index contributed by atoms with van der Waals surface area (Å²) in [5.74, 6) is 0.0128. The minimum absolute atomic E-state index is 0.295. The highest BCUT2D eigenvalue weighted by Gasteiger charge is 2.14. The lowest BCUT2D eigenvalue weighted by Crippen LogP contribution is -2.09. The number of carbonyl (C=O) groups is 1. The third-order valence-corrected chi connectivity index (χ3v) is 4.07. The van der Waals surface area contributed by atoms with Crippen LogP contribution in [-0.4, -0.2) is 29.1 Å². The number of hydrogen-bond acceptors (Lipinski definition) is 3. The summed E-state index contributed by atoms with van der Waals surface area (Å²) < 4.78 is 20.3. The van der Waals surface area contributed by atoms with E-state index in [1.54, 1.807) is 22.8 Å². The Morgan fingerprint density at radius 2 is 2.00 bits per heavy atom. The van der Waals surface area contributed by atoms with Crippen LogP contribution in [-0.2, 0) is 11.3 Å². The number of rotatable bonds is 6. The average Bonchev–Trinajstić information content (AvgIpc) is 2.94. The Morgan fingerprint density at radius 1 is 1.25 bits per heavy atom. The topological polar surface area (TPSA) is 44.1 Å². The quantitative estimate of drug-likeness (QED) is 0.492. The Balaban J connectivity index is 2.12. The van der Waals surface area contributed by atoms with Crippen molar-refractivity contribution in [2.45, 2.75) is 13.5 Å². The second-order valence-electron chi connectivity index (χ2n) is 5.27. The molecule has 0 bridgehead atoms. The molecule has 0 aliphatic heterocycles. The SMILES string of the molecule is CCOCCn1c(C=O)nc2c(Cl)cc(-c3ccc(F)cc3)cc21. The molecule has 3 rings (SSSR count). The number of aromatic nitrogens is 2. The van der Waals surface area contributed by atoms with E-state index in [2.05, 4.69) is 4.98 Å². The number of halogens is 2. The second-order valence-corrected chi connectivity index (χ2v) is 5.68. The summed E-state index contributed by atoms with van der Waals surface area (Å²) in [6.07, 6.45) is 0.708. The summed E-state index contributed by atoms with van der Waals surface area (Å²) >= 11 is 6.35. The summed E-state index contributed by atoms with van der Waals surface area (Å²) in [5.41, 5.74) is 3.00. The zero-order valence-corrected chi connectivity index (χ0v) is 13.9. The molecule has 24 heavy (non-hydrogen) atoms. The van der Waals surface area contributed by atoms with Crippen molar-refractivity contribution in [3.05, 3.63) is 53.1 Å². The Hall–Kier alpha value is -2.24. The fourth-order valence-corrected chi connectivity index (χ4v) is 2.89. The number of benzene rings is 2. The first-order valence-electron chi connectivity index (χ1n) is 7.62. The van der Waals surface area contributed by atoms with E-state index < -0.39 is 0 Å². The van der Waals surface area contributed by atoms with E-state index in [1.807, 2.05) is 13.0 Å². The van der Waals surface area contributed by atoms with Crippen LogP contribution in [0.15, 0.2) is 36.4 Å². The fraction of sp³-hybridized carbons (Fsp3) is 0.222. The summed E-state index contributed by atoms with van der Waals surface area (Å²) in [4.78, 5) is 15.6. The van der Waals surface area contributed by atoms with Crippen LogP contribution in [0.1, 0.15) is 17.5 Å². The largest absolute Gasteiger partial charge is 0.380 e. The maximum atomic E-state index is 13.1. The normalized spacial score (nSPS) is 11.1. The molecular formula is C18H16ClFN2O2. The molecule has 124 valence electrons. The van der Waals surface area contributed by atoms with Gasteiger partial charge in [0.05, 0.1) is 17.1 Å². The van der Waals surface area contributed by atoms with Gasteiger partial charge in [-0.15, -0.1) is 0 Å². The maximum absolute atomic E-state index is 13.1. The van der Waals surface area contributed by atoms with Crippen LogP contribution >= 0.6 is 11.6 Å². The Kier molecular flexibility index (Phi) is 4.92. The van der Waals surface area contributed by atoms with Gasteiger partial charge in [0.15, 0.2) is 12.1 Å². The molecule has 0 spiro atoms. The van der Waals surface area contributed by atoms with Gasteiger partial charge in [-0.2, -0.15) is 0 Å². The van der Waals surface area contributed by atoms with Gasteiger partial charge in [0.1, 0.15) is 11.3 Å². The van der Waals surface area contributed by atoms with Crippen LogP contribution in [0.4, 0.5) is 4.39 Å². The average molecular weight is 347 g/mol. The smallest absolute Gasteiger partial charge is 0.185 e. The Bertz CT molecular complexity index is 875. The van der Waals surface area contributed by atoms with E-state index in [9.17, 15) is 9.18 Å². The van der Waals surface area contributed by atoms with Gasteiger partial charge < -0.3 is 9.30 Å². The number of nitrogens with zero attached hydrogens (tertiary/aromatic N) is 2. The van der Waals surface area contributed by atoms with Gasteiger partial charge in [0, 0.05) is 13.2 Å². The summed E-state index contributed by atoms with van der Waals surface area (Å²) in [6, 6.07) is 9.85. The van der Waals surface area contributed by atoms with Gasteiger partial charge in [0.2, 0.25) is 0 Å². The number of carbonyl (C=O) groups excluding carboxylic acids is 1. The van der Waals surface area contributed by atoms with E-state index in [-0.39, 0.29) is 5.82 Å². The highest BCUT2D eigenvalue weighted by atomic mass is 35.5. The molecule has 0 unspecified atom stereocenters. The van der Waals surface area contributed by atoms with Gasteiger partial charge in [0.25, 0.3) is 0 Å². The standard InChI is InChI=1S/C18H16ClFN2O2/c1-2-24-8-7-22-16-10-13(12-3-5-14(20)6-4-12)9-15(19)18(16)21-17(22)11-23/h3-6,9-11H,2,7-8H2,1H3. The molecule has 0 aliphatic rings. The monoisotopic (exact) mass is 346 g/mol. The van der Waals surface area contributed by atoms with Crippen LogP contribution in [0.3, 0.4) is 0 Å². The van der Waals surface area contributed by atoms with Crippen molar-refractivity contribution >= 4 is 28.9 Å². The van der Waals surface area contributed by atoms with Gasteiger partial charge in [-0.05, 0) is 42.3 Å². The molecule has 0 N–H and O–H groups in total. The third kappa shape index (κ3) is 3.18. The molecule has 0 saturated carbocycles. The molecule has 0 radical (unpaired) electrons. The van der Waals surface area contributed by atoms with Crippen LogP contribution in [0.5, 0.6) is 0 Å². The number of imidazole rings is 1. The molecule has 0 atom stereocenters. The molecule has 2 aromatic carbocycles. The van der Waals surface area contributed by atoms with Crippen molar-refractivity contribution < 1.29 is 13.9 Å². The molecular weight excluding hydrogens is 331 g/mol. The van der Waals surface area contributed by atoms with Crippen molar-refractivity contribution in [3.8, 4) is 11.1 Å². The predicted octanol–water partition coefficient (Wildman–Crippen LogP) is 4.34. The Morgan fingerprint density at radius 3 is 2.67 bits per heavy atom. The lowest BCUT2D eigenvalue weighted by Gasteiger charge is -2.08. The first-order chi connectivity index (χ1) is 11.6.